The first-order chi connectivity index (χ1) is 11.0. The summed E-state index contributed by atoms with van der Waals surface area (Å²) in [6.07, 6.45) is 0. The van der Waals surface area contributed by atoms with E-state index >= 15 is 0 Å². The highest BCUT2D eigenvalue weighted by Crippen LogP contribution is 2.17. The number of anilines is 1. The Morgan fingerprint density at radius 1 is 1.16 bits per heavy atom. The summed E-state index contributed by atoms with van der Waals surface area (Å²) in [6, 6.07) is 7.43. The Morgan fingerprint density at radius 2 is 1.84 bits per heavy atom. The second-order valence-corrected chi connectivity index (χ2v) is 6.08. The largest absolute Gasteiger partial charge is 0.399 e. The Balaban J connectivity index is 0.00000156. The summed E-state index contributed by atoms with van der Waals surface area (Å²) in [4.78, 5) is 16.8. The number of nitrogen functional groups attached to an aromatic ring is 1. The third-order valence-corrected chi connectivity index (χ3v) is 4.21. The summed E-state index contributed by atoms with van der Waals surface area (Å²) >= 11 is 0. The van der Waals surface area contributed by atoms with Gasteiger partial charge in [0.2, 0.25) is 0 Å². The lowest BCUT2D eigenvalue weighted by molar-refractivity contribution is 0.0617. The van der Waals surface area contributed by atoms with Crippen LogP contribution >= 0.6 is 24.8 Å². The molecule has 8 heteroatoms. The van der Waals surface area contributed by atoms with E-state index in [-0.39, 0.29) is 30.7 Å². The molecule has 1 aliphatic heterocycles. The second kappa shape index (κ2) is 9.08. The predicted molar refractivity (Wildman–Crippen MR) is 103 cm³/mol. The minimum absolute atomic E-state index is 0. The highest BCUT2D eigenvalue weighted by Gasteiger charge is 2.23. The molecule has 0 aliphatic carbocycles. The van der Waals surface area contributed by atoms with Gasteiger partial charge in [-0.05, 0) is 31.5 Å². The van der Waals surface area contributed by atoms with Crippen LogP contribution in [0.5, 0.6) is 0 Å². The highest BCUT2D eigenvalue weighted by atomic mass is 35.5. The molecular formula is C17H24Cl2N4O2. The number of rotatable bonds is 3. The van der Waals surface area contributed by atoms with Crippen molar-refractivity contribution in [2.75, 3.05) is 31.9 Å². The molecule has 0 bridgehead atoms. The zero-order valence-corrected chi connectivity index (χ0v) is 16.0. The average Bonchev–Trinajstić information content (AvgIpc) is 2.95. The van der Waals surface area contributed by atoms with E-state index in [0.717, 1.165) is 36.7 Å². The Morgan fingerprint density at radius 3 is 2.44 bits per heavy atom. The smallest absolute Gasteiger partial charge is 0.254 e. The molecule has 1 aromatic heterocycles. The van der Waals surface area contributed by atoms with E-state index in [4.69, 9.17) is 10.3 Å². The lowest BCUT2D eigenvalue weighted by Crippen LogP contribution is -2.48. The summed E-state index contributed by atoms with van der Waals surface area (Å²) in [5, 5.41) is 3.90. The Hall–Kier alpha value is -1.76. The number of hydrogen-bond donors (Lipinski definition) is 1. The van der Waals surface area contributed by atoms with E-state index in [1.54, 1.807) is 6.07 Å². The number of aromatic nitrogens is 1. The van der Waals surface area contributed by atoms with Gasteiger partial charge in [-0.1, -0.05) is 11.2 Å². The van der Waals surface area contributed by atoms with Crippen LogP contribution in [0.2, 0.25) is 0 Å². The standard InChI is InChI=1S/C17H22N4O2.2ClH/c1-12-3-4-14(18)10-16(12)17(22)21-7-5-20(6-8-21)11-15-9-13(2)19-23-15;;/h3-4,9-10H,5-8,11,18H2,1-2H3;2*1H. The number of nitrogens with two attached hydrogens (primary N) is 1. The minimum Gasteiger partial charge on any atom is -0.399 e. The summed E-state index contributed by atoms with van der Waals surface area (Å²) in [5.74, 6) is 0.930. The summed E-state index contributed by atoms with van der Waals surface area (Å²) in [7, 11) is 0. The number of benzene rings is 1. The third-order valence-electron chi connectivity index (χ3n) is 4.21. The molecule has 138 valence electrons. The molecule has 0 radical (unpaired) electrons. The molecule has 2 heterocycles. The lowest BCUT2D eigenvalue weighted by Gasteiger charge is -2.34. The molecule has 6 nitrogen and oxygen atoms in total. The molecule has 3 rings (SSSR count). The van der Waals surface area contributed by atoms with Gasteiger partial charge in [-0.15, -0.1) is 24.8 Å². The van der Waals surface area contributed by atoms with Gasteiger partial charge in [0, 0.05) is 43.5 Å². The van der Waals surface area contributed by atoms with E-state index in [1.807, 2.05) is 36.9 Å². The molecule has 25 heavy (non-hydrogen) atoms. The van der Waals surface area contributed by atoms with Crippen molar-refractivity contribution in [2.45, 2.75) is 20.4 Å². The second-order valence-electron chi connectivity index (χ2n) is 6.08. The maximum atomic E-state index is 12.7. The Kier molecular flexibility index (Phi) is 7.73. The average molecular weight is 387 g/mol. The molecule has 0 spiro atoms. The van der Waals surface area contributed by atoms with Crippen LogP contribution in [0.4, 0.5) is 5.69 Å². The zero-order valence-electron chi connectivity index (χ0n) is 14.4. The quantitative estimate of drug-likeness (QED) is 0.820. The summed E-state index contributed by atoms with van der Waals surface area (Å²) in [5.41, 5.74) is 8.99. The van der Waals surface area contributed by atoms with Crippen LogP contribution in [0.3, 0.4) is 0 Å². The van der Waals surface area contributed by atoms with Crippen molar-refractivity contribution in [3.63, 3.8) is 0 Å². The molecule has 0 unspecified atom stereocenters. The number of aryl methyl sites for hydroxylation is 2. The first kappa shape index (κ1) is 21.3. The number of halogens is 2. The number of hydrogen-bond acceptors (Lipinski definition) is 5. The van der Waals surface area contributed by atoms with Crippen molar-refractivity contribution < 1.29 is 9.32 Å². The van der Waals surface area contributed by atoms with Crippen LogP contribution in [-0.4, -0.2) is 47.0 Å². The van der Waals surface area contributed by atoms with Gasteiger partial charge in [-0.3, -0.25) is 9.69 Å². The number of nitrogens with zero attached hydrogens (tertiary/aromatic N) is 3. The van der Waals surface area contributed by atoms with E-state index in [2.05, 4.69) is 10.1 Å². The van der Waals surface area contributed by atoms with Crippen LogP contribution < -0.4 is 5.73 Å². The maximum absolute atomic E-state index is 12.7. The van der Waals surface area contributed by atoms with Crippen LogP contribution in [0.25, 0.3) is 0 Å². The molecule has 2 N–H and O–H groups in total. The van der Waals surface area contributed by atoms with Gasteiger partial charge >= 0.3 is 0 Å². The lowest BCUT2D eigenvalue weighted by atomic mass is 10.1. The zero-order chi connectivity index (χ0) is 16.4. The van der Waals surface area contributed by atoms with Crippen molar-refractivity contribution in [1.82, 2.24) is 15.0 Å². The van der Waals surface area contributed by atoms with E-state index < -0.39 is 0 Å². The molecule has 1 amide bonds. The fourth-order valence-corrected chi connectivity index (χ4v) is 2.86. The molecule has 0 saturated carbocycles. The van der Waals surface area contributed by atoms with Crippen LogP contribution in [0.1, 0.15) is 27.4 Å². The normalized spacial score (nSPS) is 14.6. The Bertz CT molecular complexity index is 712. The molecule has 1 aromatic carbocycles. The van der Waals surface area contributed by atoms with Crippen molar-refractivity contribution >= 4 is 36.4 Å². The molecule has 1 aliphatic rings. The SMILES string of the molecule is Cc1cc(CN2CCN(C(=O)c3cc(N)ccc3C)CC2)on1.Cl.Cl. The summed E-state index contributed by atoms with van der Waals surface area (Å²) in [6.45, 7) is 7.66. The minimum atomic E-state index is 0. The monoisotopic (exact) mass is 386 g/mol. The fraction of sp³-hybridized carbons (Fsp3) is 0.412. The van der Waals surface area contributed by atoms with Crippen LogP contribution in [0.15, 0.2) is 28.8 Å². The van der Waals surface area contributed by atoms with Gasteiger partial charge in [-0.25, -0.2) is 0 Å². The number of carbonyl (C=O) groups is 1. The van der Waals surface area contributed by atoms with Crippen LogP contribution in [-0.2, 0) is 6.54 Å². The number of piperazine rings is 1. The highest BCUT2D eigenvalue weighted by molar-refractivity contribution is 5.96. The van der Waals surface area contributed by atoms with Gasteiger partial charge in [0.25, 0.3) is 5.91 Å². The van der Waals surface area contributed by atoms with Gasteiger partial charge in [0.05, 0.1) is 12.2 Å². The van der Waals surface area contributed by atoms with Crippen molar-refractivity contribution in [3.8, 4) is 0 Å². The molecular weight excluding hydrogens is 363 g/mol. The van der Waals surface area contributed by atoms with E-state index in [9.17, 15) is 4.79 Å². The Labute approximate surface area is 160 Å². The van der Waals surface area contributed by atoms with Crippen molar-refractivity contribution in [1.29, 1.82) is 0 Å². The fourth-order valence-electron chi connectivity index (χ4n) is 2.86. The summed E-state index contributed by atoms with van der Waals surface area (Å²) < 4.78 is 5.25. The first-order valence-electron chi connectivity index (χ1n) is 7.83. The maximum Gasteiger partial charge on any atom is 0.254 e. The topological polar surface area (TPSA) is 75.6 Å². The van der Waals surface area contributed by atoms with E-state index in [0.29, 0.717) is 24.3 Å². The van der Waals surface area contributed by atoms with Gasteiger partial charge in [-0.2, -0.15) is 0 Å². The number of carbonyl (C=O) groups excluding carboxylic acids is 1. The first-order valence-corrected chi connectivity index (χ1v) is 7.83. The molecule has 0 atom stereocenters. The molecule has 1 saturated heterocycles. The number of amides is 1. The van der Waals surface area contributed by atoms with Crippen molar-refractivity contribution in [3.05, 3.63) is 46.8 Å². The van der Waals surface area contributed by atoms with Gasteiger partial charge in [0.15, 0.2) is 5.76 Å². The molecule has 2 aromatic rings. The third kappa shape index (κ3) is 5.11. The van der Waals surface area contributed by atoms with Crippen molar-refractivity contribution in [2.24, 2.45) is 0 Å². The van der Waals surface area contributed by atoms with Gasteiger partial charge < -0.3 is 15.2 Å². The van der Waals surface area contributed by atoms with Gasteiger partial charge in [0.1, 0.15) is 0 Å². The van der Waals surface area contributed by atoms with Crippen LogP contribution in [0, 0.1) is 13.8 Å². The van der Waals surface area contributed by atoms with E-state index in [1.165, 1.54) is 0 Å². The predicted octanol–water partition coefficient (Wildman–Crippen LogP) is 2.68. The molecule has 1 fully saturated rings.